The average Bonchev–Trinajstić information content (AvgIpc) is 3.26. The maximum atomic E-state index is 14.3. The summed E-state index contributed by atoms with van der Waals surface area (Å²) >= 11 is 0. The van der Waals surface area contributed by atoms with Crippen molar-refractivity contribution in [1.29, 1.82) is 0 Å². The van der Waals surface area contributed by atoms with Gasteiger partial charge in [-0.05, 0) is 82.7 Å². The van der Waals surface area contributed by atoms with E-state index in [1.807, 2.05) is 52.8 Å². The minimum absolute atomic E-state index is 0.155. The minimum atomic E-state index is -1.08. The van der Waals surface area contributed by atoms with E-state index in [1.54, 1.807) is 30.3 Å². The number of benzene rings is 2. The molecule has 202 valence electrons. The summed E-state index contributed by atoms with van der Waals surface area (Å²) in [4.78, 5) is 58.4. The van der Waals surface area contributed by atoms with Crippen molar-refractivity contribution in [2.45, 2.75) is 58.9 Å². The van der Waals surface area contributed by atoms with Crippen LogP contribution in [0.15, 0.2) is 60.2 Å². The highest BCUT2D eigenvalue weighted by Gasteiger charge is 2.68. The number of anilines is 1. The standard InChI is InChI=1S/C32H34N2O5/c1-17-15-18(11-14-24(17)35)26-20-12-13-21-25(29(38)34(27(21)36)31(2,3)4)22(20)16-23-28(37)33(30(39)32(23,26)5)19-9-7-6-8-10-19/h6-12,14-15,21-23,25-26,35H,13,16H2,1-5H3. The fourth-order valence-electron chi connectivity index (χ4n) is 7.74. The highest BCUT2D eigenvalue weighted by atomic mass is 16.3. The third-order valence-corrected chi connectivity index (χ3v) is 9.51. The van der Waals surface area contributed by atoms with Gasteiger partial charge in [-0.2, -0.15) is 0 Å². The number of rotatable bonds is 2. The number of para-hydroxylation sites is 1. The van der Waals surface area contributed by atoms with E-state index in [0.29, 0.717) is 24.1 Å². The van der Waals surface area contributed by atoms with Crippen molar-refractivity contribution in [2.24, 2.45) is 29.1 Å². The Morgan fingerprint density at radius 3 is 2.26 bits per heavy atom. The first kappa shape index (κ1) is 25.5. The van der Waals surface area contributed by atoms with Crippen LogP contribution in [-0.2, 0) is 19.2 Å². The summed E-state index contributed by atoms with van der Waals surface area (Å²) < 4.78 is 0. The number of hydrogen-bond acceptors (Lipinski definition) is 5. The van der Waals surface area contributed by atoms with Crippen molar-refractivity contribution in [3.05, 3.63) is 71.3 Å². The summed E-state index contributed by atoms with van der Waals surface area (Å²) in [6.45, 7) is 9.28. The van der Waals surface area contributed by atoms with Crippen molar-refractivity contribution in [1.82, 2.24) is 4.90 Å². The minimum Gasteiger partial charge on any atom is -0.508 e. The average molecular weight is 527 g/mol. The zero-order valence-electron chi connectivity index (χ0n) is 23.0. The van der Waals surface area contributed by atoms with Gasteiger partial charge in [-0.15, -0.1) is 0 Å². The number of carbonyl (C=O) groups is 4. The van der Waals surface area contributed by atoms with Crippen LogP contribution in [0.1, 0.15) is 57.6 Å². The van der Waals surface area contributed by atoms with Gasteiger partial charge in [0.25, 0.3) is 0 Å². The molecule has 2 heterocycles. The van der Waals surface area contributed by atoms with Gasteiger partial charge >= 0.3 is 0 Å². The first-order valence-corrected chi connectivity index (χ1v) is 13.7. The molecule has 6 unspecified atom stereocenters. The normalized spacial score (nSPS) is 32.2. The highest BCUT2D eigenvalue weighted by molar-refractivity contribution is 6.24. The number of phenolic OH excluding ortho intramolecular Hbond substituents is 1. The third kappa shape index (κ3) is 3.41. The second-order valence-corrected chi connectivity index (χ2v) is 12.7. The van der Waals surface area contributed by atoms with Gasteiger partial charge in [-0.1, -0.05) is 42.0 Å². The molecule has 6 rings (SSSR count). The molecule has 2 aromatic carbocycles. The fraction of sp³-hybridized carbons (Fsp3) is 0.438. The van der Waals surface area contributed by atoms with E-state index in [1.165, 1.54) is 9.80 Å². The summed E-state index contributed by atoms with van der Waals surface area (Å²) in [5.41, 5.74) is 1.25. The number of aryl methyl sites for hydroxylation is 1. The van der Waals surface area contributed by atoms with Crippen LogP contribution >= 0.6 is 0 Å². The number of allylic oxidation sites excluding steroid dienone is 2. The molecule has 4 aliphatic rings. The van der Waals surface area contributed by atoms with Crippen molar-refractivity contribution in [2.75, 3.05) is 4.90 Å². The van der Waals surface area contributed by atoms with Gasteiger partial charge in [-0.3, -0.25) is 24.1 Å². The molecule has 2 aliphatic carbocycles. The largest absolute Gasteiger partial charge is 0.508 e. The van der Waals surface area contributed by atoms with Crippen molar-refractivity contribution >= 4 is 29.3 Å². The second kappa shape index (κ2) is 8.38. The van der Waals surface area contributed by atoms with E-state index >= 15 is 0 Å². The molecule has 3 fully saturated rings. The lowest BCUT2D eigenvalue weighted by atomic mass is 9.51. The Hall–Kier alpha value is -3.74. The van der Waals surface area contributed by atoms with Crippen LogP contribution in [0, 0.1) is 36.0 Å². The van der Waals surface area contributed by atoms with E-state index in [0.717, 1.165) is 11.1 Å². The predicted molar refractivity (Wildman–Crippen MR) is 146 cm³/mol. The summed E-state index contributed by atoms with van der Waals surface area (Å²) in [5, 5.41) is 10.3. The molecular formula is C32H34N2O5. The number of imide groups is 2. The van der Waals surface area contributed by atoms with Crippen LogP contribution < -0.4 is 4.90 Å². The molecule has 0 spiro atoms. The number of phenols is 1. The number of hydrogen-bond donors (Lipinski definition) is 1. The first-order chi connectivity index (χ1) is 18.4. The Kier molecular flexibility index (Phi) is 5.48. The Balaban J connectivity index is 1.53. The number of likely N-dealkylation sites (tertiary alicyclic amines) is 1. The molecule has 39 heavy (non-hydrogen) atoms. The van der Waals surface area contributed by atoms with Gasteiger partial charge in [0, 0.05) is 11.5 Å². The van der Waals surface area contributed by atoms with Crippen LogP contribution in [0.4, 0.5) is 5.69 Å². The smallest absolute Gasteiger partial charge is 0.241 e. The molecule has 0 radical (unpaired) electrons. The van der Waals surface area contributed by atoms with E-state index in [4.69, 9.17) is 0 Å². The van der Waals surface area contributed by atoms with Crippen LogP contribution in [-0.4, -0.2) is 39.2 Å². The van der Waals surface area contributed by atoms with Crippen molar-refractivity contribution < 1.29 is 24.3 Å². The highest BCUT2D eigenvalue weighted by Crippen LogP contribution is 2.63. The lowest BCUT2D eigenvalue weighted by Crippen LogP contribution is -2.49. The van der Waals surface area contributed by atoms with Crippen LogP contribution in [0.3, 0.4) is 0 Å². The van der Waals surface area contributed by atoms with E-state index in [2.05, 4.69) is 6.08 Å². The number of carbonyl (C=O) groups excluding carboxylic acids is 4. The number of nitrogens with zero attached hydrogens (tertiary/aromatic N) is 2. The summed E-state index contributed by atoms with van der Waals surface area (Å²) in [7, 11) is 0. The van der Waals surface area contributed by atoms with Gasteiger partial charge in [0.15, 0.2) is 0 Å². The lowest BCUT2D eigenvalue weighted by Gasteiger charge is -2.49. The Bertz CT molecular complexity index is 1450. The van der Waals surface area contributed by atoms with Gasteiger partial charge in [0.1, 0.15) is 5.75 Å². The summed E-state index contributed by atoms with van der Waals surface area (Å²) in [6, 6.07) is 14.3. The van der Waals surface area contributed by atoms with Crippen molar-refractivity contribution in [3.63, 3.8) is 0 Å². The van der Waals surface area contributed by atoms with Crippen LogP contribution in [0.2, 0.25) is 0 Å². The maximum Gasteiger partial charge on any atom is 0.241 e. The molecule has 6 atom stereocenters. The van der Waals surface area contributed by atoms with Crippen LogP contribution in [0.5, 0.6) is 5.75 Å². The molecule has 4 amide bonds. The zero-order chi connectivity index (χ0) is 28.0. The number of amides is 4. The molecule has 0 bridgehead atoms. The zero-order valence-corrected chi connectivity index (χ0v) is 23.0. The predicted octanol–water partition coefficient (Wildman–Crippen LogP) is 4.73. The van der Waals surface area contributed by atoms with Gasteiger partial charge < -0.3 is 5.11 Å². The van der Waals surface area contributed by atoms with E-state index in [9.17, 15) is 24.3 Å². The van der Waals surface area contributed by atoms with Crippen LogP contribution in [0.25, 0.3) is 0 Å². The second-order valence-electron chi connectivity index (χ2n) is 12.7. The molecular weight excluding hydrogens is 492 g/mol. The molecule has 1 N–H and O–H groups in total. The van der Waals surface area contributed by atoms with Gasteiger partial charge in [-0.25, -0.2) is 4.90 Å². The molecule has 0 aromatic heterocycles. The topological polar surface area (TPSA) is 95.0 Å². The Morgan fingerprint density at radius 2 is 1.62 bits per heavy atom. The third-order valence-electron chi connectivity index (χ3n) is 9.51. The molecule has 7 heteroatoms. The lowest BCUT2D eigenvalue weighted by molar-refractivity contribution is -0.145. The molecule has 2 aliphatic heterocycles. The summed E-state index contributed by atoms with van der Waals surface area (Å²) in [5.74, 6) is -3.20. The number of aromatic hydroxyl groups is 1. The molecule has 2 aromatic rings. The van der Waals surface area contributed by atoms with Gasteiger partial charge in [0.2, 0.25) is 23.6 Å². The molecule has 2 saturated heterocycles. The van der Waals surface area contributed by atoms with E-state index < -0.39 is 34.6 Å². The Morgan fingerprint density at radius 1 is 0.923 bits per heavy atom. The van der Waals surface area contributed by atoms with Gasteiger partial charge in [0.05, 0.1) is 28.9 Å². The monoisotopic (exact) mass is 526 g/mol. The maximum absolute atomic E-state index is 14.3. The van der Waals surface area contributed by atoms with Crippen molar-refractivity contribution in [3.8, 4) is 5.75 Å². The van der Waals surface area contributed by atoms with E-state index in [-0.39, 0.29) is 35.3 Å². The molecule has 1 saturated carbocycles. The Labute approximate surface area is 228 Å². The SMILES string of the molecule is Cc1cc(C2C3=CCC4C(=O)N(C(C)(C)C)C(=O)C4C3CC3C(=O)N(c4ccccc4)C(=O)C32C)ccc1O. The fourth-order valence-corrected chi connectivity index (χ4v) is 7.74. The molecule has 7 nitrogen and oxygen atoms in total. The quantitative estimate of drug-likeness (QED) is 0.451. The number of fused-ring (bicyclic) bond motifs is 4. The first-order valence-electron chi connectivity index (χ1n) is 13.7. The summed E-state index contributed by atoms with van der Waals surface area (Å²) in [6.07, 6.45) is 2.81.